The number of methoxy groups -OCH3 is 1. The van der Waals surface area contributed by atoms with Gasteiger partial charge in [0.2, 0.25) is 0 Å². The first-order valence-corrected chi connectivity index (χ1v) is 10.3. The van der Waals surface area contributed by atoms with Crippen molar-refractivity contribution in [1.82, 2.24) is 30.3 Å². The van der Waals surface area contributed by atoms with Crippen molar-refractivity contribution >= 4 is 16.7 Å². The summed E-state index contributed by atoms with van der Waals surface area (Å²) < 4.78 is 6.52. The van der Waals surface area contributed by atoms with E-state index in [1.807, 2.05) is 38.1 Å². The van der Waals surface area contributed by atoms with E-state index in [4.69, 9.17) is 4.74 Å². The summed E-state index contributed by atoms with van der Waals surface area (Å²) in [7, 11) is 1.61. The Bertz CT molecular complexity index is 1310. The number of ether oxygens (including phenoxy) is 1. The molecule has 0 aliphatic rings. The number of fused-ring (bicyclic) bond motifs is 1. The van der Waals surface area contributed by atoms with Crippen LogP contribution in [0.25, 0.3) is 22.2 Å². The summed E-state index contributed by atoms with van der Waals surface area (Å²) in [5.41, 5.74) is 0.828. The van der Waals surface area contributed by atoms with E-state index in [1.54, 1.807) is 31.4 Å². The van der Waals surface area contributed by atoms with E-state index in [-0.39, 0.29) is 29.6 Å². The van der Waals surface area contributed by atoms with Crippen LogP contribution in [0.3, 0.4) is 0 Å². The van der Waals surface area contributed by atoms with Crippen LogP contribution in [0, 0.1) is 5.92 Å². The summed E-state index contributed by atoms with van der Waals surface area (Å²) in [5.74, 6) is 1.59. The van der Waals surface area contributed by atoms with Crippen LogP contribution in [0.4, 0.5) is 0 Å². The molecule has 0 spiro atoms. The second-order valence-electron chi connectivity index (χ2n) is 7.79. The number of nitrogens with zero attached hydrogens (tertiary/aromatic N) is 4. The van der Waals surface area contributed by atoms with E-state index in [9.17, 15) is 9.59 Å². The summed E-state index contributed by atoms with van der Waals surface area (Å²) in [4.78, 5) is 30.1. The number of amides is 1. The zero-order chi connectivity index (χ0) is 22.7. The number of H-pyrrole nitrogens is 1. The maximum Gasteiger partial charge on any atom is 0.274 e. The molecule has 2 heterocycles. The molecule has 0 aliphatic carbocycles. The van der Waals surface area contributed by atoms with Crippen LogP contribution >= 0.6 is 0 Å². The maximum atomic E-state index is 13.0. The van der Waals surface area contributed by atoms with Crippen LogP contribution in [-0.2, 0) is 13.1 Å². The summed E-state index contributed by atoms with van der Waals surface area (Å²) in [6, 6.07) is 14.4. The lowest BCUT2D eigenvalue weighted by Gasteiger charge is -2.12. The fourth-order valence-corrected chi connectivity index (χ4v) is 3.36. The van der Waals surface area contributed by atoms with E-state index >= 15 is 0 Å². The first-order valence-electron chi connectivity index (χ1n) is 10.3. The molecule has 0 bridgehead atoms. The van der Waals surface area contributed by atoms with E-state index < -0.39 is 0 Å². The first kappa shape index (κ1) is 21.2. The second-order valence-corrected chi connectivity index (χ2v) is 7.79. The Labute approximate surface area is 184 Å². The Morgan fingerprint density at radius 3 is 2.53 bits per heavy atom. The highest BCUT2D eigenvalue weighted by Gasteiger charge is 2.17. The molecule has 0 atom stereocenters. The Hall–Kier alpha value is -4.01. The van der Waals surface area contributed by atoms with Gasteiger partial charge >= 0.3 is 0 Å². The van der Waals surface area contributed by atoms with Crippen LogP contribution in [0.1, 0.15) is 30.2 Å². The number of aromatic amines is 1. The lowest BCUT2D eigenvalue weighted by Crippen LogP contribution is -2.31. The number of benzene rings is 2. The quantitative estimate of drug-likeness (QED) is 0.464. The van der Waals surface area contributed by atoms with Gasteiger partial charge in [-0.2, -0.15) is 10.2 Å². The predicted molar refractivity (Wildman–Crippen MR) is 120 cm³/mol. The van der Waals surface area contributed by atoms with Crippen molar-refractivity contribution < 1.29 is 9.53 Å². The number of hydrogen-bond acceptors (Lipinski definition) is 6. The van der Waals surface area contributed by atoms with E-state index in [0.717, 1.165) is 11.3 Å². The molecule has 2 aromatic heterocycles. The largest absolute Gasteiger partial charge is 0.497 e. The summed E-state index contributed by atoms with van der Waals surface area (Å²) in [6.45, 7) is 4.55. The van der Waals surface area contributed by atoms with E-state index in [0.29, 0.717) is 29.0 Å². The maximum absolute atomic E-state index is 13.0. The highest BCUT2D eigenvalue weighted by atomic mass is 16.5. The van der Waals surface area contributed by atoms with Crippen LogP contribution in [0.15, 0.2) is 53.3 Å². The summed E-state index contributed by atoms with van der Waals surface area (Å²) in [5, 5.41) is 15.2. The molecule has 32 heavy (non-hydrogen) atoms. The number of rotatable bonds is 7. The Kier molecular flexibility index (Phi) is 5.98. The zero-order valence-electron chi connectivity index (χ0n) is 18.1. The topological polar surface area (TPSA) is 115 Å². The Balaban J connectivity index is 1.55. The van der Waals surface area contributed by atoms with Gasteiger partial charge in [0, 0.05) is 17.5 Å². The predicted octanol–water partition coefficient (Wildman–Crippen LogP) is 2.78. The molecule has 0 unspecified atom stereocenters. The average Bonchev–Trinajstić information content (AvgIpc) is 3.28. The molecule has 9 heteroatoms. The van der Waals surface area contributed by atoms with Gasteiger partial charge in [-0.3, -0.25) is 14.7 Å². The fourth-order valence-electron chi connectivity index (χ4n) is 3.36. The third-order valence-corrected chi connectivity index (χ3v) is 4.92. The van der Waals surface area contributed by atoms with Crippen molar-refractivity contribution in [2.45, 2.75) is 26.9 Å². The molecule has 1 amide bonds. The van der Waals surface area contributed by atoms with Crippen molar-refractivity contribution in [1.29, 1.82) is 0 Å². The minimum Gasteiger partial charge on any atom is -0.497 e. The lowest BCUT2D eigenvalue weighted by molar-refractivity contribution is 0.0944. The highest BCUT2D eigenvalue weighted by molar-refractivity contribution is 6.04. The van der Waals surface area contributed by atoms with E-state index in [1.165, 1.54) is 4.68 Å². The molecule has 0 saturated heterocycles. The molecule has 2 N–H and O–H groups in total. The Morgan fingerprint density at radius 1 is 1.12 bits per heavy atom. The van der Waals surface area contributed by atoms with Gasteiger partial charge < -0.3 is 10.1 Å². The molecule has 0 radical (unpaired) electrons. The van der Waals surface area contributed by atoms with Gasteiger partial charge in [-0.1, -0.05) is 32.0 Å². The second kappa shape index (κ2) is 9.01. The van der Waals surface area contributed by atoms with Crippen molar-refractivity contribution in [2.75, 3.05) is 7.11 Å². The molecule has 164 valence electrons. The number of hydrogen-bond donors (Lipinski definition) is 2. The number of aromatic nitrogens is 5. The lowest BCUT2D eigenvalue weighted by atomic mass is 10.1. The van der Waals surface area contributed by atoms with Gasteiger partial charge in [-0.05, 0) is 36.2 Å². The number of nitrogens with one attached hydrogen (secondary N) is 2. The molecule has 0 aliphatic heterocycles. The highest BCUT2D eigenvalue weighted by Crippen LogP contribution is 2.19. The van der Waals surface area contributed by atoms with Crippen molar-refractivity contribution in [3.8, 4) is 17.1 Å². The SMILES string of the molecule is COc1ccc(-c2n[nH]c(CNC(=O)c3nn(CC(C)C)c(=O)c4ccccc34)n2)cc1. The molecular formula is C23H24N6O3. The average molecular weight is 432 g/mol. The minimum absolute atomic E-state index is 0.140. The van der Waals surface area contributed by atoms with Crippen LogP contribution in [0.5, 0.6) is 5.75 Å². The van der Waals surface area contributed by atoms with Crippen LogP contribution in [-0.4, -0.2) is 38.0 Å². The van der Waals surface area contributed by atoms with Gasteiger partial charge in [0.1, 0.15) is 11.6 Å². The van der Waals surface area contributed by atoms with Crippen molar-refractivity contribution in [3.05, 3.63) is 70.4 Å². The van der Waals surface area contributed by atoms with Crippen molar-refractivity contribution in [3.63, 3.8) is 0 Å². The van der Waals surface area contributed by atoms with Gasteiger partial charge in [-0.25, -0.2) is 9.67 Å². The molecule has 2 aromatic carbocycles. The summed E-state index contributed by atoms with van der Waals surface area (Å²) >= 11 is 0. The smallest absolute Gasteiger partial charge is 0.274 e. The minimum atomic E-state index is -0.388. The Morgan fingerprint density at radius 2 is 1.84 bits per heavy atom. The fraction of sp³-hybridized carbons (Fsp3) is 0.261. The summed E-state index contributed by atoms with van der Waals surface area (Å²) in [6.07, 6.45) is 0. The third-order valence-electron chi connectivity index (χ3n) is 4.92. The van der Waals surface area contributed by atoms with Crippen LogP contribution in [0.2, 0.25) is 0 Å². The third kappa shape index (κ3) is 4.36. The molecule has 0 saturated carbocycles. The van der Waals surface area contributed by atoms with Gasteiger partial charge in [-0.15, -0.1) is 0 Å². The first-order chi connectivity index (χ1) is 15.5. The van der Waals surface area contributed by atoms with Crippen LogP contribution < -0.4 is 15.6 Å². The van der Waals surface area contributed by atoms with Gasteiger partial charge in [0.15, 0.2) is 11.5 Å². The molecule has 0 fully saturated rings. The van der Waals surface area contributed by atoms with Gasteiger partial charge in [0.25, 0.3) is 11.5 Å². The number of carbonyl (C=O) groups is 1. The molecular weight excluding hydrogens is 408 g/mol. The standard InChI is InChI=1S/C23H24N6O3/c1-14(2)13-29-23(31)18-7-5-4-6-17(18)20(28-29)22(30)24-12-19-25-21(27-26-19)15-8-10-16(32-3)11-9-15/h4-11,14H,12-13H2,1-3H3,(H,24,30)(H,25,26,27). The monoisotopic (exact) mass is 432 g/mol. The zero-order valence-corrected chi connectivity index (χ0v) is 18.1. The molecule has 4 aromatic rings. The normalized spacial score (nSPS) is 11.1. The number of carbonyl (C=O) groups excluding carboxylic acids is 1. The molecule has 9 nitrogen and oxygen atoms in total. The van der Waals surface area contributed by atoms with E-state index in [2.05, 4.69) is 25.6 Å². The van der Waals surface area contributed by atoms with Crippen molar-refractivity contribution in [2.24, 2.45) is 5.92 Å². The molecule has 4 rings (SSSR count). The van der Waals surface area contributed by atoms with Gasteiger partial charge in [0.05, 0.1) is 19.0 Å².